The van der Waals surface area contributed by atoms with Gasteiger partial charge in [0.15, 0.2) is 0 Å². The fourth-order valence-electron chi connectivity index (χ4n) is 2.06. The fraction of sp³-hybridized carbons (Fsp3) is 0.857. The molecule has 1 saturated carbocycles. The highest BCUT2D eigenvalue weighted by Crippen LogP contribution is 2.38. The van der Waals surface area contributed by atoms with E-state index in [-0.39, 0.29) is 11.1 Å². The van der Waals surface area contributed by atoms with Crippen molar-refractivity contribution in [2.45, 2.75) is 64.0 Å². The fourth-order valence-corrected chi connectivity index (χ4v) is 2.06. The van der Waals surface area contributed by atoms with Gasteiger partial charge in [-0.2, -0.15) is 0 Å². The molecule has 0 atom stereocenters. The van der Waals surface area contributed by atoms with E-state index in [1.165, 1.54) is 19.3 Å². The number of nitrogens with one attached hydrogen (secondary N) is 1. The van der Waals surface area contributed by atoms with Gasteiger partial charge in [-0.1, -0.05) is 6.08 Å². The average molecular weight is 225 g/mol. The van der Waals surface area contributed by atoms with Gasteiger partial charge < -0.3 is 10.1 Å². The standard InChI is InChI=1S/C14H27NO/c1-5-6-12-16-14(8-7-9-14)10-11-15-13(2,3)4/h5,15H,1,6-12H2,2-4H3. The Kier molecular flexibility index (Phi) is 5.00. The van der Waals surface area contributed by atoms with Crippen LogP contribution in [-0.2, 0) is 4.74 Å². The molecule has 0 aromatic heterocycles. The zero-order chi connectivity index (χ0) is 12.1. The molecule has 0 amide bonds. The summed E-state index contributed by atoms with van der Waals surface area (Å²) in [5.74, 6) is 0. The van der Waals surface area contributed by atoms with Crippen molar-refractivity contribution in [3.63, 3.8) is 0 Å². The predicted molar refractivity (Wildman–Crippen MR) is 69.7 cm³/mol. The van der Waals surface area contributed by atoms with Crippen LogP contribution in [0.4, 0.5) is 0 Å². The van der Waals surface area contributed by atoms with Crippen molar-refractivity contribution in [3.05, 3.63) is 12.7 Å². The van der Waals surface area contributed by atoms with E-state index >= 15 is 0 Å². The molecule has 1 fully saturated rings. The Labute approximate surface area is 100 Å². The molecule has 0 unspecified atom stereocenters. The summed E-state index contributed by atoms with van der Waals surface area (Å²) in [6.45, 7) is 12.2. The quantitative estimate of drug-likeness (QED) is 0.530. The van der Waals surface area contributed by atoms with Crippen LogP contribution in [0.5, 0.6) is 0 Å². The molecule has 0 spiro atoms. The van der Waals surface area contributed by atoms with Crippen molar-refractivity contribution in [2.24, 2.45) is 0 Å². The van der Waals surface area contributed by atoms with Gasteiger partial charge >= 0.3 is 0 Å². The molecular weight excluding hydrogens is 198 g/mol. The van der Waals surface area contributed by atoms with Crippen LogP contribution in [0.2, 0.25) is 0 Å². The molecular formula is C14H27NO. The highest BCUT2D eigenvalue weighted by Gasteiger charge is 2.37. The Bertz CT molecular complexity index is 213. The van der Waals surface area contributed by atoms with Gasteiger partial charge in [0.25, 0.3) is 0 Å². The van der Waals surface area contributed by atoms with Crippen LogP contribution in [0.3, 0.4) is 0 Å². The lowest BCUT2D eigenvalue weighted by Gasteiger charge is -2.42. The van der Waals surface area contributed by atoms with Gasteiger partial charge in [0, 0.05) is 5.54 Å². The maximum atomic E-state index is 6.01. The smallest absolute Gasteiger partial charge is 0.0694 e. The molecule has 2 heteroatoms. The molecule has 1 aliphatic rings. The SMILES string of the molecule is C=CCCOC1(CCNC(C)(C)C)CCC1. The molecule has 1 rings (SSSR count). The Hall–Kier alpha value is -0.340. The summed E-state index contributed by atoms with van der Waals surface area (Å²) in [5.41, 5.74) is 0.396. The van der Waals surface area contributed by atoms with Crippen LogP contribution in [-0.4, -0.2) is 24.3 Å². The van der Waals surface area contributed by atoms with E-state index in [1.807, 2.05) is 6.08 Å². The van der Waals surface area contributed by atoms with Crippen molar-refractivity contribution in [1.29, 1.82) is 0 Å². The summed E-state index contributed by atoms with van der Waals surface area (Å²) in [6, 6.07) is 0. The molecule has 0 radical (unpaired) electrons. The number of hydrogen-bond acceptors (Lipinski definition) is 2. The normalized spacial score (nSPS) is 19.2. The van der Waals surface area contributed by atoms with E-state index in [9.17, 15) is 0 Å². The van der Waals surface area contributed by atoms with Crippen LogP contribution < -0.4 is 5.32 Å². The maximum absolute atomic E-state index is 6.01. The Morgan fingerprint density at radius 1 is 1.38 bits per heavy atom. The van der Waals surface area contributed by atoms with E-state index < -0.39 is 0 Å². The lowest BCUT2D eigenvalue weighted by Crippen LogP contribution is -2.45. The van der Waals surface area contributed by atoms with Gasteiger partial charge in [-0.3, -0.25) is 0 Å². The zero-order valence-electron chi connectivity index (χ0n) is 11.1. The van der Waals surface area contributed by atoms with E-state index in [0.29, 0.717) is 0 Å². The highest BCUT2D eigenvalue weighted by molar-refractivity contribution is 4.91. The molecule has 0 heterocycles. The molecule has 94 valence electrons. The second-order valence-corrected chi connectivity index (χ2v) is 5.89. The summed E-state index contributed by atoms with van der Waals surface area (Å²) >= 11 is 0. The van der Waals surface area contributed by atoms with Gasteiger partial charge in [-0.25, -0.2) is 0 Å². The van der Waals surface area contributed by atoms with Crippen LogP contribution in [0, 0.1) is 0 Å². The minimum atomic E-state index is 0.182. The highest BCUT2D eigenvalue weighted by atomic mass is 16.5. The molecule has 0 aromatic rings. The number of ether oxygens (including phenoxy) is 1. The van der Waals surface area contributed by atoms with Crippen LogP contribution in [0.1, 0.15) is 52.9 Å². The topological polar surface area (TPSA) is 21.3 Å². The first-order valence-corrected chi connectivity index (χ1v) is 6.47. The van der Waals surface area contributed by atoms with Gasteiger partial charge in [0.05, 0.1) is 12.2 Å². The third-order valence-corrected chi connectivity index (χ3v) is 3.23. The van der Waals surface area contributed by atoms with Crippen molar-refractivity contribution in [3.8, 4) is 0 Å². The summed E-state index contributed by atoms with van der Waals surface area (Å²) in [7, 11) is 0. The van der Waals surface area contributed by atoms with Crippen LogP contribution in [0.15, 0.2) is 12.7 Å². The minimum absolute atomic E-state index is 0.182. The molecule has 0 saturated heterocycles. The zero-order valence-corrected chi connectivity index (χ0v) is 11.1. The summed E-state index contributed by atoms with van der Waals surface area (Å²) in [4.78, 5) is 0. The Balaban J connectivity index is 2.22. The lowest BCUT2D eigenvalue weighted by molar-refractivity contribution is -0.103. The van der Waals surface area contributed by atoms with E-state index in [4.69, 9.17) is 4.74 Å². The Morgan fingerprint density at radius 2 is 2.06 bits per heavy atom. The van der Waals surface area contributed by atoms with Gasteiger partial charge in [0.1, 0.15) is 0 Å². The summed E-state index contributed by atoms with van der Waals surface area (Å²) in [5, 5.41) is 3.54. The van der Waals surface area contributed by atoms with Crippen molar-refractivity contribution in [1.82, 2.24) is 5.32 Å². The molecule has 0 aliphatic heterocycles. The number of rotatable bonds is 7. The number of hydrogen-bond donors (Lipinski definition) is 1. The van der Waals surface area contributed by atoms with Gasteiger partial charge in [-0.15, -0.1) is 6.58 Å². The molecule has 16 heavy (non-hydrogen) atoms. The third kappa shape index (κ3) is 4.67. The molecule has 1 aliphatic carbocycles. The maximum Gasteiger partial charge on any atom is 0.0694 e. The van der Waals surface area contributed by atoms with E-state index in [0.717, 1.165) is 26.0 Å². The third-order valence-electron chi connectivity index (χ3n) is 3.23. The molecule has 2 nitrogen and oxygen atoms in total. The average Bonchev–Trinajstić information content (AvgIpc) is 2.11. The lowest BCUT2D eigenvalue weighted by atomic mass is 9.77. The van der Waals surface area contributed by atoms with Crippen LogP contribution in [0.25, 0.3) is 0 Å². The first kappa shape index (κ1) is 13.7. The van der Waals surface area contributed by atoms with Crippen LogP contribution >= 0.6 is 0 Å². The van der Waals surface area contributed by atoms with Crippen molar-refractivity contribution in [2.75, 3.05) is 13.2 Å². The monoisotopic (exact) mass is 225 g/mol. The van der Waals surface area contributed by atoms with Gasteiger partial charge in [0.2, 0.25) is 0 Å². The minimum Gasteiger partial charge on any atom is -0.375 e. The van der Waals surface area contributed by atoms with E-state index in [1.54, 1.807) is 0 Å². The predicted octanol–water partition coefficient (Wildman–Crippen LogP) is 3.28. The van der Waals surface area contributed by atoms with E-state index in [2.05, 4.69) is 32.7 Å². The molecule has 0 aromatic carbocycles. The van der Waals surface area contributed by atoms with Crippen molar-refractivity contribution >= 4 is 0 Å². The summed E-state index contributed by atoms with van der Waals surface area (Å²) < 4.78 is 6.01. The second kappa shape index (κ2) is 5.83. The second-order valence-electron chi connectivity index (χ2n) is 5.89. The van der Waals surface area contributed by atoms with Crippen molar-refractivity contribution < 1.29 is 4.74 Å². The molecule has 0 bridgehead atoms. The first-order valence-electron chi connectivity index (χ1n) is 6.47. The first-order chi connectivity index (χ1) is 7.47. The molecule has 1 N–H and O–H groups in total. The van der Waals surface area contributed by atoms with Gasteiger partial charge in [-0.05, 0) is 59.4 Å². The Morgan fingerprint density at radius 3 is 2.50 bits per heavy atom. The summed E-state index contributed by atoms with van der Waals surface area (Å²) in [6.07, 6.45) is 7.82. The largest absolute Gasteiger partial charge is 0.375 e.